The van der Waals surface area contributed by atoms with E-state index in [1.807, 2.05) is 18.2 Å². The van der Waals surface area contributed by atoms with E-state index < -0.39 is 0 Å². The summed E-state index contributed by atoms with van der Waals surface area (Å²) in [5, 5.41) is 25.7. The van der Waals surface area contributed by atoms with Crippen LogP contribution in [0.1, 0.15) is 15.3 Å². The Bertz CT molecular complexity index is 439. The summed E-state index contributed by atoms with van der Waals surface area (Å²) in [7, 11) is 0. The molecule has 1 rings (SSSR count). The van der Waals surface area contributed by atoms with Gasteiger partial charge >= 0.3 is 0 Å². The van der Waals surface area contributed by atoms with Crippen LogP contribution in [0.3, 0.4) is 0 Å². The molecule has 0 unspecified atom stereocenters. The molecule has 0 saturated carbocycles. The molecule has 0 aliphatic carbocycles. The van der Waals surface area contributed by atoms with Crippen molar-refractivity contribution >= 4 is 24.0 Å². The number of nitrogens with zero attached hydrogens (tertiary/aromatic N) is 3. The van der Waals surface area contributed by atoms with Gasteiger partial charge < -0.3 is 0 Å². The van der Waals surface area contributed by atoms with Gasteiger partial charge in [0.2, 0.25) is 0 Å². The molecule has 3 nitrogen and oxygen atoms in total. The molecule has 1 aromatic rings. The minimum atomic E-state index is 0.197. The smallest absolute Gasteiger partial charge is 0.125 e. The molecule has 0 amide bonds. The van der Waals surface area contributed by atoms with E-state index in [0.717, 1.165) is 11.3 Å². The number of hydrogen-bond donors (Lipinski definition) is 1. The van der Waals surface area contributed by atoms with Crippen molar-refractivity contribution in [2.75, 3.05) is 0 Å². The topological polar surface area (TPSA) is 71.4 Å². The van der Waals surface area contributed by atoms with E-state index in [-0.39, 0.29) is 10.4 Å². The van der Waals surface area contributed by atoms with Gasteiger partial charge in [0.1, 0.15) is 28.0 Å². The van der Waals surface area contributed by atoms with Crippen LogP contribution in [0.2, 0.25) is 0 Å². The van der Waals surface area contributed by atoms with Crippen LogP contribution in [0.5, 0.6) is 0 Å². The Morgan fingerprint density at radius 2 is 1.58 bits per heavy atom. The molecule has 1 aromatic heterocycles. The largest absolute Gasteiger partial charge is 0.192 e. The van der Waals surface area contributed by atoms with Crippen molar-refractivity contribution in [3.05, 3.63) is 15.3 Å². The summed E-state index contributed by atoms with van der Waals surface area (Å²) in [6.07, 6.45) is 0. The summed E-state index contributed by atoms with van der Waals surface area (Å²) < 4.78 is 0. The Morgan fingerprint density at radius 1 is 1.00 bits per heavy atom. The molecule has 0 radical (unpaired) electrons. The Kier molecular flexibility index (Phi) is 2.35. The van der Waals surface area contributed by atoms with Crippen LogP contribution in [0.15, 0.2) is 4.90 Å². The third-order valence-corrected chi connectivity index (χ3v) is 2.80. The van der Waals surface area contributed by atoms with Crippen LogP contribution < -0.4 is 0 Å². The predicted molar refractivity (Wildman–Crippen MR) is 45.7 cm³/mol. The van der Waals surface area contributed by atoms with Crippen molar-refractivity contribution in [1.82, 2.24) is 0 Å². The molecular weight excluding hydrogens is 190 g/mol. The third kappa shape index (κ3) is 1.14. The molecule has 0 spiro atoms. The second kappa shape index (κ2) is 3.28. The molecule has 0 atom stereocenters. The standard InChI is InChI=1S/C7HN3S2/c8-1-4-5(2-9)12-6(3-10)7(4)11/h11H. The first kappa shape index (κ1) is 8.62. The first-order valence-corrected chi connectivity index (χ1v) is 4.07. The lowest BCUT2D eigenvalue weighted by Gasteiger charge is -1.82. The van der Waals surface area contributed by atoms with Crippen LogP contribution in [-0.2, 0) is 0 Å². The molecule has 0 aliphatic heterocycles. The predicted octanol–water partition coefficient (Wildman–Crippen LogP) is 1.65. The number of rotatable bonds is 0. The maximum absolute atomic E-state index is 8.59. The van der Waals surface area contributed by atoms with E-state index in [1.54, 1.807) is 0 Å². The van der Waals surface area contributed by atoms with Gasteiger partial charge in [0.15, 0.2) is 0 Å². The van der Waals surface area contributed by atoms with E-state index in [9.17, 15) is 0 Å². The number of thiophene rings is 1. The molecule has 1 heterocycles. The van der Waals surface area contributed by atoms with Crippen molar-refractivity contribution in [3.63, 3.8) is 0 Å². The highest BCUT2D eigenvalue weighted by atomic mass is 32.1. The lowest BCUT2D eigenvalue weighted by atomic mass is 10.3. The minimum absolute atomic E-state index is 0.197. The molecule has 5 heteroatoms. The highest BCUT2D eigenvalue weighted by Gasteiger charge is 2.14. The first-order chi connectivity index (χ1) is 5.74. The zero-order valence-corrected chi connectivity index (χ0v) is 7.41. The average molecular weight is 191 g/mol. The Hall–Kier alpha value is -1.48. The monoisotopic (exact) mass is 191 g/mol. The number of nitriles is 3. The van der Waals surface area contributed by atoms with Crippen molar-refractivity contribution in [2.24, 2.45) is 0 Å². The van der Waals surface area contributed by atoms with Gasteiger partial charge in [-0.3, -0.25) is 0 Å². The fraction of sp³-hybridized carbons (Fsp3) is 0. The number of thiol groups is 1. The second-order valence-corrected chi connectivity index (χ2v) is 3.29. The Labute approximate surface area is 78.5 Å². The van der Waals surface area contributed by atoms with Gasteiger partial charge in [-0.2, -0.15) is 15.8 Å². The van der Waals surface area contributed by atoms with Gasteiger partial charge in [0, 0.05) is 0 Å². The lowest BCUT2D eigenvalue weighted by molar-refractivity contribution is 1.39. The fourth-order valence-corrected chi connectivity index (χ4v) is 1.85. The van der Waals surface area contributed by atoms with Gasteiger partial charge in [-0.05, 0) is 0 Å². The zero-order valence-electron chi connectivity index (χ0n) is 5.70. The van der Waals surface area contributed by atoms with Gasteiger partial charge in [0.05, 0.1) is 10.5 Å². The Morgan fingerprint density at radius 3 is 1.92 bits per heavy atom. The second-order valence-electron chi connectivity index (χ2n) is 1.82. The zero-order chi connectivity index (χ0) is 9.14. The van der Waals surface area contributed by atoms with Crippen molar-refractivity contribution in [2.45, 2.75) is 4.90 Å². The first-order valence-electron chi connectivity index (χ1n) is 2.80. The molecule has 0 N–H and O–H groups in total. The van der Waals surface area contributed by atoms with Crippen molar-refractivity contribution in [1.29, 1.82) is 15.8 Å². The van der Waals surface area contributed by atoms with E-state index in [1.165, 1.54) is 0 Å². The summed E-state index contributed by atoms with van der Waals surface area (Å²) in [5.74, 6) is 0. The highest BCUT2D eigenvalue weighted by molar-refractivity contribution is 7.80. The van der Waals surface area contributed by atoms with Crippen LogP contribution in [0.25, 0.3) is 0 Å². The maximum atomic E-state index is 8.59. The van der Waals surface area contributed by atoms with Gasteiger partial charge in [-0.1, -0.05) is 0 Å². The summed E-state index contributed by atoms with van der Waals surface area (Å²) in [4.78, 5) is 0.868. The molecule has 0 fully saturated rings. The summed E-state index contributed by atoms with van der Waals surface area (Å²) in [6, 6.07) is 5.53. The van der Waals surface area contributed by atoms with Gasteiger partial charge in [-0.15, -0.1) is 24.0 Å². The van der Waals surface area contributed by atoms with Crippen LogP contribution >= 0.6 is 24.0 Å². The summed E-state index contributed by atoms with van der Waals surface area (Å²) >= 11 is 4.95. The normalized spacial score (nSPS) is 8.17. The number of hydrogen-bond acceptors (Lipinski definition) is 5. The van der Waals surface area contributed by atoms with Crippen LogP contribution in [0, 0.1) is 34.0 Å². The highest BCUT2D eigenvalue weighted by Crippen LogP contribution is 2.29. The summed E-state index contributed by atoms with van der Waals surface area (Å²) in [6.45, 7) is 0. The van der Waals surface area contributed by atoms with Crippen LogP contribution in [-0.4, -0.2) is 0 Å². The molecule has 0 saturated heterocycles. The molecular formula is C7HN3S2. The molecule has 12 heavy (non-hydrogen) atoms. The van der Waals surface area contributed by atoms with E-state index in [2.05, 4.69) is 12.6 Å². The molecule has 0 aliphatic rings. The lowest BCUT2D eigenvalue weighted by Crippen LogP contribution is -1.74. The van der Waals surface area contributed by atoms with Gasteiger partial charge in [-0.25, -0.2) is 0 Å². The van der Waals surface area contributed by atoms with Crippen LogP contribution in [0.4, 0.5) is 0 Å². The van der Waals surface area contributed by atoms with E-state index >= 15 is 0 Å². The van der Waals surface area contributed by atoms with Crippen molar-refractivity contribution < 1.29 is 0 Å². The quantitative estimate of drug-likeness (QED) is 0.634. The molecule has 0 bridgehead atoms. The van der Waals surface area contributed by atoms with Gasteiger partial charge in [0.25, 0.3) is 0 Å². The minimum Gasteiger partial charge on any atom is -0.192 e. The average Bonchev–Trinajstić information content (AvgIpc) is 2.41. The van der Waals surface area contributed by atoms with E-state index in [4.69, 9.17) is 15.8 Å². The Balaban J connectivity index is 3.51. The van der Waals surface area contributed by atoms with E-state index in [0.29, 0.717) is 9.77 Å². The van der Waals surface area contributed by atoms with Crippen molar-refractivity contribution in [3.8, 4) is 18.2 Å². The third-order valence-electron chi connectivity index (χ3n) is 1.20. The molecule has 56 valence electrons. The SMILES string of the molecule is N#Cc1sc(C#N)c(C#N)c1S. The fourth-order valence-electron chi connectivity index (χ4n) is 0.681. The summed E-state index contributed by atoms with van der Waals surface area (Å²) in [5.41, 5.74) is 0.197. The maximum Gasteiger partial charge on any atom is 0.125 e. The molecule has 0 aromatic carbocycles.